The van der Waals surface area contributed by atoms with Crippen LogP contribution in [0, 0.1) is 12.5 Å². The molecule has 180 valence electrons. The lowest BCUT2D eigenvalue weighted by atomic mass is 9.91. The van der Waals surface area contributed by atoms with Gasteiger partial charge < -0.3 is 19.7 Å². The van der Waals surface area contributed by atoms with Gasteiger partial charge in [-0.25, -0.2) is 4.99 Å². The predicted octanol–water partition coefficient (Wildman–Crippen LogP) is 4.01. The van der Waals surface area contributed by atoms with Crippen molar-refractivity contribution in [3.63, 3.8) is 0 Å². The van der Waals surface area contributed by atoms with Crippen molar-refractivity contribution in [2.24, 2.45) is 10.9 Å². The largest absolute Gasteiger partial charge is 0.496 e. The van der Waals surface area contributed by atoms with Gasteiger partial charge in [0.15, 0.2) is 0 Å². The Morgan fingerprint density at radius 2 is 1.82 bits per heavy atom. The number of piperidine rings is 1. The van der Waals surface area contributed by atoms with Crippen LogP contribution in [-0.4, -0.2) is 55.6 Å². The molecule has 0 atom stereocenters. The van der Waals surface area contributed by atoms with E-state index in [0.717, 1.165) is 50.9 Å². The number of carbonyl (C=O) groups is 1. The summed E-state index contributed by atoms with van der Waals surface area (Å²) >= 11 is 0. The number of aromatic nitrogens is 1. The Morgan fingerprint density at radius 3 is 2.44 bits per heavy atom. The summed E-state index contributed by atoms with van der Waals surface area (Å²) < 4.78 is 10.8. The molecule has 2 N–H and O–H groups in total. The topological polar surface area (TPSA) is 92.4 Å². The molecular weight excluding hydrogens is 432 g/mol. The van der Waals surface area contributed by atoms with Crippen LogP contribution in [0.1, 0.15) is 42.5 Å². The molecule has 1 saturated heterocycles. The maximum atomic E-state index is 13.1. The van der Waals surface area contributed by atoms with Crippen LogP contribution in [-0.2, 0) is 0 Å². The molecule has 0 radical (unpaired) electrons. The van der Waals surface area contributed by atoms with E-state index in [4.69, 9.17) is 16.0 Å². The number of carbonyl (C=O) groups excluding carboxylic acids is 1. The van der Waals surface area contributed by atoms with Crippen molar-refractivity contribution in [3.05, 3.63) is 59.8 Å². The number of guanidine groups is 1. The lowest BCUT2D eigenvalue weighted by Gasteiger charge is -2.32. The second-order valence-electron chi connectivity index (χ2n) is 8.08. The minimum Gasteiger partial charge on any atom is -0.496 e. The van der Waals surface area contributed by atoms with Gasteiger partial charge in [-0.2, -0.15) is 11.5 Å². The third kappa shape index (κ3) is 6.85. The van der Waals surface area contributed by atoms with Crippen LogP contribution in [0.4, 0.5) is 5.69 Å². The van der Waals surface area contributed by atoms with Gasteiger partial charge >= 0.3 is 0 Å². The summed E-state index contributed by atoms with van der Waals surface area (Å²) in [6.07, 6.45) is 8.45. The number of rotatable bonds is 9. The number of pyridine rings is 1. The summed E-state index contributed by atoms with van der Waals surface area (Å²) in [4.78, 5) is 26.7. The molecule has 9 nitrogen and oxygen atoms in total. The number of hydrogen-bond acceptors (Lipinski definition) is 5. The normalized spacial score (nSPS) is 14.3. The summed E-state index contributed by atoms with van der Waals surface area (Å²) in [5.41, 5.74) is 3.90. The molecule has 0 spiro atoms. The first-order chi connectivity index (χ1) is 16.7. The van der Waals surface area contributed by atoms with Crippen LogP contribution in [0.3, 0.4) is 0 Å². The van der Waals surface area contributed by atoms with Crippen molar-refractivity contribution >= 4 is 17.6 Å². The summed E-state index contributed by atoms with van der Waals surface area (Å²) in [5, 5.41) is 3.10. The number of likely N-dealkylation sites (tertiary alicyclic amines) is 1. The van der Waals surface area contributed by atoms with E-state index in [-0.39, 0.29) is 5.91 Å². The van der Waals surface area contributed by atoms with Gasteiger partial charge in [0.25, 0.3) is 11.9 Å². The van der Waals surface area contributed by atoms with Crippen LogP contribution in [0.5, 0.6) is 11.5 Å². The van der Waals surface area contributed by atoms with Gasteiger partial charge in [-0.1, -0.05) is 24.3 Å². The number of hydrogen-bond donors (Lipinski definition) is 2. The quantitative estimate of drug-likeness (QED) is 0.192. The number of aliphatic imine (C=N–C) groups is 1. The molecule has 0 saturated carbocycles. The number of unbranched alkanes of at least 4 members (excludes halogenated alkanes) is 1. The van der Waals surface area contributed by atoms with E-state index in [1.165, 1.54) is 0 Å². The number of amides is 1. The first-order valence-corrected chi connectivity index (χ1v) is 11.5. The minimum atomic E-state index is -0.0383. The lowest BCUT2D eigenvalue weighted by molar-refractivity contribution is 0.0679. The lowest BCUT2D eigenvalue weighted by Crippen LogP contribution is -2.38. The number of nitrogens with zero attached hydrogens (tertiary/aromatic N) is 4. The van der Waals surface area contributed by atoms with Crippen LogP contribution in [0.25, 0.3) is 4.95 Å². The van der Waals surface area contributed by atoms with Gasteiger partial charge in [-0.3, -0.25) is 9.78 Å². The van der Waals surface area contributed by atoms with Gasteiger partial charge in [0.2, 0.25) is 0 Å². The van der Waals surface area contributed by atoms with Gasteiger partial charge in [0, 0.05) is 37.7 Å². The highest BCUT2D eigenvalue weighted by atomic mass is 16.5. The van der Waals surface area contributed by atoms with Gasteiger partial charge in [0.05, 0.1) is 14.2 Å². The fourth-order valence-corrected chi connectivity index (χ4v) is 4.11. The highest BCUT2D eigenvalue weighted by Gasteiger charge is 2.27. The Hall–Kier alpha value is -3.80. The number of ether oxygens (including phenoxy) is 2. The molecule has 9 heteroatoms. The Kier molecular flexibility index (Phi) is 9.52. The van der Waals surface area contributed by atoms with Gasteiger partial charge in [-0.05, 0) is 49.4 Å². The number of anilines is 1. The third-order valence-corrected chi connectivity index (χ3v) is 5.94. The number of nitrogens with one attached hydrogen (secondary N) is 2. The molecule has 1 aliphatic rings. The zero-order valence-corrected chi connectivity index (χ0v) is 19.8. The predicted molar refractivity (Wildman–Crippen MR) is 132 cm³/mol. The molecule has 0 aliphatic carbocycles. The van der Waals surface area contributed by atoms with Crippen molar-refractivity contribution < 1.29 is 14.3 Å². The molecular formula is C25H32N6O3. The first-order valence-electron chi connectivity index (χ1n) is 11.5. The van der Waals surface area contributed by atoms with Crippen molar-refractivity contribution in [1.29, 1.82) is 0 Å². The van der Waals surface area contributed by atoms with Crippen molar-refractivity contribution in [2.75, 3.05) is 39.2 Å². The van der Waals surface area contributed by atoms with E-state index in [1.807, 2.05) is 23.1 Å². The second kappa shape index (κ2) is 13.0. The monoisotopic (exact) mass is 464 g/mol. The molecule has 1 amide bonds. The maximum Gasteiger partial charge on any atom is 0.266 e. The molecule has 0 unspecified atom stereocenters. The van der Waals surface area contributed by atoms with E-state index >= 15 is 0 Å². The highest BCUT2D eigenvalue weighted by Crippen LogP contribution is 2.31. The molecule has 34 heavy (non-hydrogen) atoms. The van der Waals surface area contributed by atoms with E-state index in [0.29, 0.717) is 35.5 Å². The molecule has 1 aromatic heterocycles. The smallest absolute Gasteiger partial charge is 0.266 e. The Labute approximate surface area is 201 Å². The summed E-state index contributed by atoms with van der Waals surface area (Å²) in [6.45, 7) is 9.14. The minimum absolute atomic E-state index is 0.0383. The highest BCUT2D eigenvalue weighted by molar-refractivity contribution is 5.99. The molecule has 2 aromatic rings. The van der Waals surface area contributed by atoms with E-state index in [9.17, 15) is 4.79 Å². The number of benzene rings is 1. The van der Waals surface area contributed by atoms with Crippen LogP contribution < -0.4 is 20.2 Å². The molecule has 3 rings (SSSR count). The zero-order valence-electron chi connectivity index (χ0n) is 19.8. The van der Waals surface area contributed by atoms with Gasteiger partial charge in [-0.15, -0.1) is 0 Å². The number of methoxy groups -OCH3 is 2. The molecule has 1 fully saturated rings. The fourth-order valence-electron chi connectivity index (χ4n) is 4.11. The van der Waals surface area contributed by atoms with E-state index in [1.54, 1.807) is 38.7 Å². The maximum absolute atomic E-state index is 13.1. The van der Waals surface area contributed by atoms with Crippen molar-refractivity contribution in [1.82, 2.24) is 15.3 Å². The average molecular weight is 465 g/mol. The third-order valence-electron chi connectivity index (χ3n) is 5.94. The zero-order chi connectivity index (χ0) is 24.2. The summed E-state index contributed by atoms with van der Waals surface area (Å²) in [5.74, 6) is 2.09. The standard InChI is InChI=1S/C25H32N6O3/c1-26-30-25(29-20-10-15-27-16-11-20)28-14-5-4-7-19-12-17-31(18-13-19)24(32)23-21(33-2)8-6-9-22(23)34-3/h6,8-11,15-16,19H,4-5,7,12-14,17-18H2,2-3H3,(H2,27,28,29,30). The summed E-state index contributed by atoms with van der Waals surface area (Å²) in [7, 11) is 3.13. The molecule has 2 heterocycles. The van der Waals surface area contributed by atoms with Crippen molar-refractivity contribution in [3.8, 4) is 11.5 Å². The molecule has 1 aromatic carbocycles. The van der Waals surface area contributed by atoms with Crippen LogP contribution in [0.15, 0.2) is 47.7 Å². The average Bonchev–Trinajstić information content (AvgIpc) is 2.88. The Morgan fingerprint density at radius 1 is 1.15 bits per heavy atom. The van der Waals surface area contributed by atoms with E-state index < -0.39 is 0 Å². The SMILES string of the molecule is [C-]#[N+]NC(=NCCCCC1CCN(C(=O)c2c(OC)cccc2OC)CC1)Nc1ccncc1. The van der Waals surface area contributed by atoms with Crippen LogP contribution >= 0.6 is 0 Å². The fraction of sp³-hybridized carbons (Fsp3) is 0.440. The summed E-state index contributed by atoms with van der Waals surface area (Å²) in [6, 6.07) is 9.04. The Balaban J connectivity index is 1.42. The first kappa shape index (κ1) is 24.8. The molecule has 1 aliphatic heterocycles. The van der Waals surface area contributed by atoms with E-state index in [2.05, 4.69) is 25.7 Å². The van der Waals surface area contributed by atoms with Gasteiger partial charge in [0.1, 0.15) is 17.1 Å². The molecule has 0 bridgehead atoms. The van der Waals surface area contributed by atoms with Crippen molar-refractivity contribution in [2.45, 2.75) is 32.1 Å². The van der Waals surface area contributed by atoms with Crippen LogP contribution in [0.2, 0.25) is 0 Å². The Bertz CT molecular complexity index is 975. The second-order valence-corrected chi connectivity index (χ2v) is 8.08.